The predicted octanol–water partition coefficient (Wildman–Crippen LogP) is 13.8. The van der Waals surface area contributed by atoms with E-state index in [2.05, 4.69) is 138 Å². The molecular weight excluding hydrogens is 647 g/mol. The van der Waals surface area contributed by atoms with E-state index in [-0.39, 0.29) is 5.60 Å². The normalized spacial score (nSPS) is 17.2. The molecule has 5 aromatic rings. The number of fused-ring (bicyclic) bond motifs is 8. The summed E-state index contributed by atoms with van der Waals surface area (Å²) < 4.78 is 8.63. The third kappa shape index (κ3) is 7.13. The van der Waals surface area contributed by atoms with Crippen LogP contribution in [0.3, 0.4) is 0 Å². The van der Waals surface area contributed by atoms with Gasteiger partial charge in [-0.05, 0) is 98.0 Å². The van der Waals surface area contributed by atoms with Crippen LogP contribution in [-0.2, 0) is 18.2 Å². The van der Waals surface area contributed by atoms with Crippen molar-refractivity contribution < 1.29 is 4.74 Å². The van der Waals surface area contributed by atoms with Crippen molar-refractivity contribution >= 4 is 19.0 Å². The Labute approximate surface area is 316 Å². The highest BCUT2D eigenvalue weighted by Crippen LogP contribution is 2.60. The minimum Gasteiger partial charge on any atom is -0.376 e. The van der Waals surface area contributed by atoms with Crippen molar-refractivity contribution in [3.8, 4) is 22.4 Å². The number of ether oxygens (including phenoxy) is 1. The zero-order valence-electron chi connectivity index (χ0n) is 33.3. The van der Waals surface area contributed by atoms with Crippen molar-refractivity contribution in [3.63, 3.8) is 0 Å². The van der Waals surface area contributed by atoms with Gasteiger partial charge in [-0.3, -0.25) is 0 Å². The van der Waals surface area contributed by atoms with Crippen LogP contribution < -0.4 is 0 Å². The SMILES string of the molecule is CCCCCCCCc1ccc2c(c1)C([Si](C)(CCCCCCOC(C)(C)C)C1c3ccccc3-c3c1c1cc(C)ccc1n3C)c1ccccc1-2. The van der Waals surface area contributed by atoms with E-state index < -0.39 is 8.07 Å². The van der Waals surface area contributed by atoms with E-state index in [0.29, 0.717) is 11.1 Å². The average molecular weight is 710 g/mol. The van der Waals surface area contributed by atoms with Crippen LogP contribution in [0, 0.1) is 6.92 Å². The predicted molar refractivity (Wildman–Crippen MR) is 226 cm³/mol. The summed E-state index contributed by atoms with van der Waals surface area (Å²) in [5.41, 5.74) is 17.4. The highest BCUT2D eigenvalue weighted by Gasteiger charge is 2.53. The maximum atomic E-state index is 6.12. The minimum atomic E-state index is -2.23. The summed E-state index contributed by atoms with van der Waals surface area (Å²) in [5.74, 6) is 0. The molecule has 2 aliphatic carbocycles. The molecule has 2 nitrogen and oxygen atoms in total. The summed E-state index contributed by atoms with van der Waals surface area (Å²) >= 11 is 0. The van der Waals surface area contributed by atoms with Crippen molar-refractivity contribution in [2.45, 2.75) is 135 Å². The first-order valence-electron chi connectivity index (χ1n) is 20.7. The number of rotatable bonds is 16. The molecule has 3 atom stereocenters. The molecule has 52 heavy (non-hydrogen) atoms. The lowest BCUT2D eigenvalue weighted by Crippen LogP contribution is -2.45. The van der Waals surface area contributed by atoms with Crippen molar-refractivity contribution in [2.24, 2.45) is 7.05 Å². The zero-order chi connectivity index (χ0) is 36.5. The van der Waals surface area contributed by atoms with E-state index in [4.69, 9.17) is 4.74 Å². The molecule has 0 radical (unpaired) electrons. The Hall–Kier alpha value is -3.40. The number of unbranched alkanes of at least 4 members (excludes halogenated alkanes) is 8. The highest BCUT2D eigenvalue weighted by atomic mass is 28.3. The van der Waals surface area contributed by atoms with Crippen LogP contribution in [0.2, 0.25) is 12.6 Å². The van der Waals surface area contributed by atoms with Crippen LogP contribution in [0.15, 0.2) is 84.9 Å². The van der Waals surface area contributed by atoms with Gasteiger partial charge in [-0.2, -0.15) is 0 Å². The Morgan fingerprint density at radius 1 is 0.673 bits per heavy atom. The van der Waals surface area contributed by atoms with E-state index in [1.807, 2.05) is 0 Å². The number of hydrogen-bond donors (Lipinski definition) is 0. The van der Waals surface area contributed by atoms with E-state index in [0.717, 1.165) is 13.0 Å². The maximum Gasteiger partial charge on any atom is 0.0762 e. The van der Waals surface area contributed by atoms with Crippen molar-refractivity contribution in [1.29, 1.82) is 0 Å². The smallest absolute Gasteiger partial charge is 0.0762 e. The molecule has 3 heteroatoms. The van der Waals surface area contributed by atoms with Gasteiger partial charge in [-0.15, -0.1) is 0 Å². The van der Waals surface area contributed by atoms with Gasteiger partial charge in [0.25, 0.3) is 0 Å². The topological polar surface area (TPSA) is 14.2 Å². The monoisotopic (exact) mass is 709 g/mol. The molecule has 7 rings (SSSR count). The molecule has 1 heterocycles. The number of aryl methyl sites for hydroxylation is 3. The van der Waals surface area contributed by atoms with E-state index >= 15 is 0 Å². The summed E-state index contributed by atoms with van der Waals surface area (Å²) in [6.45, 7) is 14.8. The van der Waals surface area contributed by atoms with E-state index in [1.165, 1.54) is 115 Å². The molecule has 0 fully saturated rings. The van der Waals surface area contributed by atoms with Crippen LogP contribution in [0.25, 0.3) is 33.3 Å². The lowest BCUT2D eigenvalue weighted by Gasteiger charge is -2.41. The van der Waals surface area contributed by atoms with Crippen LogP contribution in [0.4, 0.5) is 0 Å². The molecule has 0 amide bonds. The average Bonchev–Trinajstić information content (AvgIpc) is 3.74. The maximum absolute atomic E-state index is 6.12. The zero-order valence-corrected chi connectivity index (χ0v) is 34.3. The summed E-state index contributed by atoms with van der Waals surface area (Å²) in [4.78, 5) is 0. The summed E-state index contributed by atoms with van der Waals surface area (Å²) in [6.07, 6.45) is 14.2. The summed E-state index contributed by atoms with van der Waals surface area (Å²) in [5, 5.41) is 1.47. The first kappa shape index (κ1) is 36.9. The molecule has 0 spiro atoms. The Balaban J connectivity index is 1.31. The second-order valence-corrected chi connectivity index (χ2v) is 22.1. The summed E-state index contributed by atoms with van der Waals surface area (Å²) in [6, 6.07) is 35.1. The summed E-state index contributed by atoms with van der Waals surface area (Å²) in [7, 11) is 0.0799. The van der Waals surface area contributed by atoms with Gasteiger partial charge in [0.15, 0.2) is 0 Å². The molecule has 4 aromatic carbocycles. The van der Waals surface area contributed by atoms with Crippen LogP contribution in [0.5, 0.6) is 0 Å². The largest absolute Gasteiger partial charge is 0.376 e. The molecule has 0 saturated carbocycles. The molecule has 274 valence electrons. The van der Waals surface area contributed by atoms with Gasteiger partial charge in [-0.1, -0.05) is 149 Å². The molecule has 0 N–H and O–H groups in total. The Morgan fingerprint density at radius 3 is 2.10 bits per heavy atom. The first-order chi connectivity index (χ1) is 25.1. The second-order valence-electron chi connectivity index (χ2n) is 17.5. The fourth-order valence-electron chi connectivity index (χ4n) is 10.0. The molecule has 3 unspecified atom stereocenters. The van der Waals surface area contributed by atoms with Gasteiger partial charge in [0.05, 0.1) is 19.4 Å². The van der Waals surface area contributed by atoms with E-state index in [9.17, 15) is 0 Å². The standard InChI is InChI=1S/C49H63NOSi/c1-8-9-10-11-12-15-22-36-28-29-38-37-23-16-18-25-40(37)47(42(38)34-36)52(7,32-21-14-13-20-31-51-49(3,4)5)48-41-26-19-17-24-39(41)46-45(48)43-33-35(2)27-30-44(43)50(46)6/h16-19,23-30,33-34,47-48H,8-15,20-22,31-32H2,1-7H3. The Kier molecular flexibility index (Phi) is 11.0. The van der Waals surface area contributed by atoms with Crippen LogP contribution >= 0.6 is 0 Å². The fraction of sp³-hybridized carbons (Fsp3) is 0.469. The molecule has 0 saturated heterocycles. The van der Waals surface area contributed by atoms with Gasteiger partial charge >= 0.3 is 0 Å². The Morgan fingerprint density at radius 2 is 1.33 bits per heavy atom. The molecule has 2 aliphatic rings. The van der Waals surface area contributed by atoms with Gasteiger partial charge in [0, 0.05) is 41.2 Å². The number of benzene rings is 4. The Bertz CT molecular complexity index is 2010. The van der Waals surface area contributed by atoms with Crippen molar-refractivity contribution in [3.05, 3.63) is 118 Å². The number of hydrogen-bond acceptors (Lipinski definition) is 1. The quantitative estimate of drug-likeness (QED) is 0.0735. The lowest BCUT2D eigenvalue weighted by molar-refractivity contribution is -0.00471. The van der Waals surface area contributed by atoms with Gasteiger partial charge in [-0.25, -0.2) is 0 Å². The highest BCUT2D eigenvalue weighted by molar-refractivity contribution is 6.83. The minimum absolute atomic E-state index is 0.0625. The molecule has 0 bridgehead atoms. The van der Waals surface area contributed by atoms with Crippen molar-refractivity contribution in [1.82, 2.24) is 4.57 Å². The third-order valence-electron chi connectivity index (χ3n) is 12.5. The van der Waals surface area contributed by atoms with Crippen LogP contribution in [0.1, 0.15) is 136 Å². The van der Waals surface area contributed by atoms with Gasteiger partial charge in [0.1, 0.15) is 0 Å². The third-order valence-corrected chi connectivity index (χ3v) is 17.8. The van der Waals surface area contributed by atoms with E-state index in [1.54, 1.807) is 22.3 Å². The molecule has 1 aromatic heterocycles. The first-order valence-corrected chi connectivity index (χ1v) is 23.5. The number of nitrogens with zero attached hydrogens (tertiary/aromatic N) is 1. The van der Waals surface area contributed by atoms with Crippen molar-refractivity contribution in [2.75, 3.05) is 6.61 Å². The molecule has 0 aliphatic heterocycles. The van der Waals surface area contributed by atoms with Gasteiger partial charge in [0.2, 0.25) is 0 Å². The van der Waals surface area contributed by atoms with Gasteiger partial charge < -0.3 is 9.30 Å². The second kappa shape index (κ2) is 15.5. The number of aromatic nitrogens is 1. The fourth-order valence-corrected chi connectivity index (χ4v) is 15.8. The van der Waals surface area contributed by atoms with Crippen LogP contribution in [-0.4, -0.2) is 24.8 Å². The molecular formula is C49H63NOSi. The lowest BCUT2D eigenvalue weighted by atomic mass is 9.99.